The van der Waals surface area contributed by atoms with Crippen molar-refractivity contribution >= 4 is 16.4 Å². The molecule has 0 atom stereocenters. The van der Waals surface area contributed by atoms with Crippen LogP contribution in [-0.2, 0) is 0 Å². The van der Waals surface area contributed by atoms with Crippen molar-refractivity contribution < 1.29 is 4.74 Å². The third kappa shape index (κ3) is 3.96. The summed E-state index contributed by atoms with van der Waals surface area (Å²) in [6.45, 7) is 4.14. The van der Waals surface area contributed by atoms with Crippen molar-refractivity contribution in [3.05, 3.63) is 85.3 Å². The number of ether oxygens (including phenoxy) is 1. The zero-order valence-electron chi connectivity index (χ0n) is 18.5. The first-order valence-corrected chi connectivity index (χ1v) is 11.6. The van der Waals surface area contributed by atoms with Gasteiger partial charge in [0.15, 0.2) is 5.65 Å². The summed E-state index contributed by atoms with van der Waals surface area (Å²) in [7, 11) is 0. The Hall–Kier alpha value is -3.70. The van der Waals surface area contributed by atoms with Gasteiger partial charge in [0, 0.05) is 30.1 Å². The van der Waals surface area contributed by atoms with Gasteiger partial charge in [-0.2, -0.15) is 5.10 Å². The number of rotatable bonds is 6. The molecule has 0 unspecified atom stereocenters. The fraction of sp³-hybridized carbons (Fsp3) is 0.214. The van der Waals surface area contributed by atoms with Gasteiger partial charge < -0.3 is 4.74 Å². The van der Waals surface area contributed by atoms with E-state index in [1.54, 1.807) is 0 Å². The van der Waals surface area contributed by atoms with Crippen LogP contribution in [0.2, 0.25) is 0 Å². The van der Waals surface area contributed by atoms with Crippen molar-refractivity contribution in [1.29, 1.82) is 0 Å². The number of hydrogen-bond acceptors (Lipinski definition) is 4. The Balaban J connectivity index is 1.23. The molecule has 2 aromatic heterocycles. The molecular weight excluding hydrogens is 408 g/mol. The fourth-order valence-electron chi connectivity index (χ4n) is 4.72. The number of benzene rings is 3. The average Bonchev–Trinajstić information content (AvgIpc) is 3.54. The van der Waals surface area contributed by atoms with Gasteiger partial charge in [0.05, 0.1) is 6.20 Å². The zero-order valence-corrected chi connectivity index (χ0v) is 18.5. The highest BCUT2D eigenvalue weighted by molar-refractivity contribution is 5.99. The van der Waals surface area contributed by atoms with Crippen molar-refractivity contribution in [3.8, 4) is 28.0 Å². The summed E-state index contributed by atoms with van der Waals surface area (Å²) in [6, 6.07) is 23.0. The van der Waals surface area contributed by atoms with Gasteiger partial charge in [-0.15, -0.1) is 0 Å². The van der Waals surface area contributed by atoms with Crippen LogP contribution < -0.4 is 4.74 Å². The molecule has 0 N–H and O–H groups in total. The Kier molecular flexibility index (Phi) is 5.25. The monoisotopic (exact) mass is 434 g/mol. The van der Waals surface area contributed by atoms with E-state index in [9.17, 15) is 0 Å². The highest BCUT2D eigenvalue weighted by Crippen LogP contribution is 2.31. The maximum atomic E-state index is 5.94. The quantitative estimate of drug-likeness (QED) is 0.344. The standard InChI is InChI=1S/C28H26N4O/c1-2-8-25-22(6-1)7-5-9-26(25)27-19-30-32-20-23(18-29-28(27)32)21-10-12-24(13-11-21)33-17-16-31-14-3-4-15-31/h1-2,5-13,18-20H,3-4,14-17H2. The minimum atomic E-state index is 0.733. The Morgan fingerprint density at radius 1 is 0.788 bits per heavy atom. The molecule has 0 saturated carbocycles. The van der Waals surface area contributed by atoms with Crippen LogP contribution in [0.3, 0.4) is 0 Å². The maximum Gasteiger partial charge on any atom is 0.162 e. The van der Waals surface area contributed by atoms with Crippen LogP contribution in [0.15, 0.2) is 85.3 Å². The molecule has 0 aliphatic carbocycles. The van der Waals surface area contributed by atoms with E-state index in [0.717, 1.165) is 46.8 Å². The molecule has 1 aliphatic heterocycles. The van der Waals surface area contributed by atoms with Gasteiger partial charge in [-0.25, -0.2) is 9.50 Å². The van der Waals surface area contributed by atoms with Gasteiger partial charge in [0.25, 0.3) is 0 Å². The molecule has 3 aromatic carbocycles. The SMILES string of the molecule is c1ccc2c(-c3cnn4cc(-c5ccc(OCCN6CCCC6)cc5)cnc34)cccc2c1. The zero-order chi connectivity index (χ0) is 22.0. The molecule has 1 fully saturated rings. The highest BCUT2D eigenvalue weighted by atomic mass is 16.5. The van der Waals surface area contributed by atoms with E-state index in [4.69, 9.17) is 9.72 Å². The topological polar surface area (TPSA) is 42.7 Å². The van der Waals surface area contributed by atoms with Crippen molar-refractivity contribution in [2.75, 3.05) is 26.2 Å². The number of likely N-dealkylation sites (tertiary alicyclic amines) is 1. The van der Waals surface area contributed by atoms with E-state index in [1.165, 1.54) is 36.7 Å². The Morgan fingerprint density at radius 2 is 1.61 bits per heavy atom. The molecule has 0 bridgehead atoms. The second-order valence-electron chi connectivity index (χ2n) is 8.62. The van der Waals surface area contributed by atoms with E-state index in [-0.39, 0.29) is 0 Å². The van der Waals surface area contributed by atoms with Gasteiger partial charge in [-0.3, -0.25) is 4.90 Å². The van der Waals surface area contributed by atoms with Gasteiger partial charge in [-0.1, -0.05) is 54.6 Å². The minimum Gasteiger partial charge on any atom is -0.492 e. The first kappa shape index (κ1) is 19.9. The van der Waals surface area contributed by atoms with Gasteiger partial charge in [-0.05, 0) is 60.0 Å². The summed E-state index contributed by atoms with van der Waals surface area (Å²) in [4.78, 5) is 7.24. The third-order valence-corrected chi connectivity index (χ3v) is 6.50. The van der Waals surface area contributed by atoms with Crippen LogP contribution in [0, 0.1) is 0 Å². The van der Waals surface area contributed by atoms with Gasteiger partial charge in [0.1, 0.15) is 12.4 Å². The number of fused-ring (bicyclic) bond motifs is 2. The second kappa shape index (κ2) is 8.68. The first-order valence-electron chi connectivity index (χ1n) is 11.6. The molecule has 5 aromatic rings. The molecule has 1 aliphatic rings. The molecular formula is C28H26N4O. The molecule has 5 nitrogen and oxygen atoms in total. The van der Waals surface area contributed by atoms with Crippen molar-refractivity contribution in [2.45, 2.75) is 12.8 Å². The summed E-state index contributed by atoms with van der Waals surface area (Å²) in [5, 5.41) is 7.03. The van der Waals surface area contributed by atoms with Gasteiger partial charge >= 0.3 is 0 Å². The third-order valence-electron chi connectivity index (χ3n) is 6.50. The van der Waals surface area contributed by atoms with E-state index in [0.29, 0.717) is 0 Å². The van der Waals surface area contributed by atoms with E-state index in [1.807, 2.05) is 35.2 Å². The predicted molar refractivity (Wildman–Crippen MR) is 133 cm³/mol. The lowest BCUT2D eigenvalue weighted by atomic mass is 10.0. The maximum absolute atomic E-state index is 5.94. The first-order chi connectivity index (χ1) is 16.3. The second-order valence-corrected chi connectivity index (χ2v) is 8.62. The Bertz CT molecular complexity index is 1400. The van der Waals surface area contributed by atoms with E-state index in [2.05, 4.69) is 64.6 Å². The van der Waals surface area contributed by atoms with Crippen LogP contribution in [-0.4, -0.2) is 45.7 Å². The number of hydrogen-bond donors (Lipinski definition) is 0. The Labute approximate surface area is 193 Å². The van der Waals surface area contributed by atoms with Crippen LogP contribution in [0.1, 0.15) is 12.8 Å². The smallest absolute Gasteiger partial charge is 0.162 e. The van der Waals surface area contributed by atoms with E-state index < -0.39 is 0 Å². The van der Waals surface area contributed by atoms with Crippen molar-refractivity contribution in [3.63, 3.8) is 0 Å². The summed E-state index contributed by atoms with van der Waals surface area (Å²) in [6.07, 6.45) is 8.50. The summed E-state index contributed by atoms with van der Waals surface area (Å²) in [5.41, 5.74) is 5.17. The largest absolute Gasteiger partial charge is 0.492 e. The molecule has 3 heterocycles. The minimum absolute atomic E-state index is 0.733. The summed E-state index contributed by atoms with van der Waals surface area (Å²) < 4.78 is 7.81. The number of nitrogens with zero attached hydrogens (tertiary/aromatic N) is 4. The molecule has 33 heavy (non-hydrogen) atoms. The normalized spacial score (nSPS) is 14.3. The molecule has 0 amide bonds. The average molecular weight is 435 g/mol. The van der Waals surface area contributed by atoms with Crippen molar-refractivity contribution in [2.24, 2.45) is 0 Å². The van der Waals surface area contributed by atoms with Crippen LogP contribution in [0.4, 0.5) is 0 Å². The van der Waals surface area contributed by atoms with Crippen LogP contribution >= 0.6 is 0 Å². The number of aromatic nitrogens is 3. The lowest BCUT2D eigenvalue weighted by Gasteiger charge is -2.15. The van der Waals surface area contributed by atoms with E-state index >= 15 is 0 Å². The lowest BCUT2D eigenvalue weighted by molar-refractivity contribution is 0.238. The molecule has 5 heteroatoms. The molecule has 164 valence electrons. The molecule has 1 saturated heterocycles. The predicted octanol–water partition coefficient (Wildman–Crippen LogP) is 5.69. The fourth-order valence-corrected chi connectivity index (χ4v) is 4.72. The lowest BCUT2D eigenvalue weighted by Crippen LogP contribution is -2.25. The summed E-state index contributed by atoms with van der Waals surface area (Å²) >= 11 is 0. The highest BCUT2D eigenvalue weighted by Gasteiger charge is 2.13. The summed E-state index contributed by atoms with van der Waals surface area (Å²) in [5.74, 6) is 0.907. The van der Waals surface area contributed by atoms with Crippen LogP contribution in [0.25, 0.3) is 38.7 Å². The van der Waals surface area contributed by atoms with Gasteiger partial charge in [0.2, 0.25) is 0 Å². The molecule has 0 spiro atoms. The van der Waals surface area contributed by atoms with Crippen LogP contribution in [0.5, 0.6) is 5.75 Å². The Morgan fingerprint density at radius 3 is 2.48 bits per heavy atom. The van der Waals surface area contributed by atoms with Crippen molar-refractivity contribution in [1.82, 2.24) is 19.5 Å². The molecule has 0 radical (unpaired) electrons. The molecule has 6 rings (SSSR count).